The van der Waals surface area contributed by atoms with E-state index >= 15 is 0 Å². The van der Waals surface area contributed by atoms with Gasteiger partial charge in [-0.15, -0.1) is 0 Å². The number of halogens is 1. The van der Waals surface area contributed by atoms with Crippen LogP contribution in [-0.2, 0) is 4.79 Å². The molecule has 0 bridgehead atoms. The van der Waals surface area contributed by atoms with Gasteiger partial charge in [0.2, 0.25) is 0 Å². The molecule has 0 aliphatic heterocycles. The minimum atomic E-state index is -0.916. The first kappa shape index (κ1) is 14.0. The van der Waals surface area contributed by atoms with Gasteiger partial charge >= 0.3 is 5.97 Å². The highest BCUT2D eigenvalue weighted by Gasteiger charge is 2.21. The number of nitrogens with one attached hydrogen (secondary N) is 1. The lowest BCUT2D eigenvalue weighted by atomic mass is 10.0. The molecule has 2 N–H and O–H groups in total. The van der Waals surface area contributed by atoms with Crippen molar-refractivity contribution in [2.24, 2.45) is 5.92 Å². The fraction of sp³-hybridized carbons (Fsp3) is 0.333. The quantitative estimate of drug-likeness (QED) is 0.820. The first-order valence-electron chi connectivity index (χ1n) is 5.21. The molecule has 0 aliphatic carbocycles. The summed E-state index contributed by atoms with van der Waals surface area (Å²) >= 11 is 2.16. The molecule has 0 spiro atoms. The molecule has 0 aromatic heterocycles. The third-order valence-electron chi connectivity index (χ3n) is 2.60. The van der Waals surface area contributed by atoms with E-state index in [1.807, 2.05) is 12.1 Å². The largest absolute Gasteiger partial charge is 0.481 e. The highest BCUT2D eigenvalue weighted by Crippen LogP contribution is 2.08. The number of rotatable bonds is 4. The molecule has 1 amide bonds. The molecule has 0 radical (unpaired) electrons. The van der Waals surface area contributed by atoms with E-state index in [9.17, 15) is 9.59 Å². The molecule has 17 heavy (non-hydrogen) atoms. The number of carboxylic acid groups (broad SMARTS) is 1. The summed E-state index contributed by atoms with van der Waals surface area (Å²) in [4.78, 5) is 22.5. The SMILES string of the molecule is CC(NC(=O)c1ccc(I)cc1)C(C)C(=O)O. The number of benzene rings is 1. The van der Waals surface area contributed by atoms with Crippen LogP contribution in [0, 0.1) is 9.49 Å². The summed E-state index contributed by atoms with van der Waals surface area (Å²) in [7, 11) is 0. The van der Waals surface area contributed by atoms with Crippen molar-refractivity contribution >= 4 is 34.5 Å². The average Bonchev–Trinajstić information content (AvgIpc) is 2.28. The van der Waals surface area contributed by atoms with Crippen LogP contribution in [0.4, 0.5) is 0 Å². The summed E-state index contributed by atoms with van der Waals surface area (Å²) in [6, 6.07) is 6.70. The van der Waals surface area contributed by atoms with Gasteiger partial charge in [-0.3, -0.25) is 9.59 Å². The van der Waals surface area contributed by atoms with Crippen molar-refractivity contribution in [2.75, 3.05) is 0 Å². The van der Waals surface area contributed by atoms with Crippen LogP contribution in [0.2, 0.25) is 0 Å². The average molecular weight is 347 g/mol. The number of hydrogen-bond donors (Lipinski definition) is 2. The van der Waals surface area contributed by atoms with Crippen molar-refractivity contribution in [3.63, 3.8) is 0 Å². The van der Waals surface area contributed by atoms with Gasteiger partial charge in [-0.1, -0.05) is 0 Å². The summed E-state index contributed by atoms with van der Waals surface area (Å²) in [5.41, 5.74) is 0.537. The predicted molar refractivity (Wildman–Crippen MR) is 72.9 cm³/mol. The molecule has 0 fully saturated rings. The maximum absolute atomic E-state index is 11.8. The lowest BCUT2D eigenvalue weighted by Gasteiger charge is -2.17. The third-order valence-corrected chi connectivity index (χ3v) is 3.32. The molecule has 92 valence electrons. The molecule has 1 aromatic rings. The Hall–Kier alpha value is -1.11. The zero-order valence-corrected chi connectivity index (χ0v) is 11.8. The molecular formula is C12H14INO3. The number of carbonyl (C=O) groups is 2. The number of carbonyl (C=O) groups excluding carboxylic acids is 1. The van der Waals surface area contributed by atoms with Gasteiger partial charge in [-0.05, 0) is 60.7 Å². The van der Waals surface area contributed by atoms with Crippen molar-refractivity contribution in [1.82, 2.24) is 5.32 Å². The molecule has 0 heterocycles. The van der Waals surface area contributed by atoms with Gasteiger partial charge in [0.15, 0.2) is 0 Å². The summed E-state index contributed by atoms with van der Waals surface area (Å²) in [5, 5.41) is 11.5. The van der Waals surface area contributed by atoms with Gasteiger partial charge in [0.05, 0.1) is 5.92 Å². The second-order valence-corrected chi connectivity index (χ2v) is 5.14. The Morgan fingerprint density at radius 1 is 1.24 bits per heavy atom. The van der Waals surface area contributed by atoms with Gasteiger partial charge in [0.1, 0.15) is 0 Å². The second kappa shape index (κ2) is 6.00. The minimum absolute atomic E-state index is 0.248. The third kappa shape index (κ3) is 3.99. The van der Waals surface area contributed by atoms with E-state index in [0.717, 1.165) is 3.57 Å². The number of aliphatic carboxylic acids is 1. The van der Waals surface area contributed by atoms with Crippen LogP contribution < -0.4 is 5.32 Å². The summed E-state index contributed by atoms with van der Waals surface area (Å²) in [6.07, 6.45) is 0. The maximum atomic E-state index is 11.8. The molecule has 4 nitrogen and oxygen atoms in total. The molecule has 0 saturated carbocycles. The highest BCUT2D eigenvalue weighted by atomic mass is 127. The van der Waals surface area contributed by atoms with E-state index in [0.29, 0.717) is 5.56 Å². The van der Waals surface area contributed by atoms with E-state index in [-0.39, 0.29) is 5.91 Å². The van der Waals surface area contributed by atoms with Crippen LogP contribution in [0.3, 0.4) is 0 Å². The Labute approximate surface area is 114 Å². The van der Waals surface area contributed by atoms with E-state index in [2.05, 4.69) is 27.9 Å². The van der Waals surface area contributed by atoms with E-state index in [1.54, 1.807) is 26.0 Å². The predicted octanol–water partition coefficient (Wildman–Crippen LogP) is 2.13. The Morgan fingerprint density at radius 3 is 2.24 bits per heavy atom. The second-order valence-electron chi connectivity index (χ2n) is 3.90. The Morgan fingerprint density at radius 2 is 1.76 bits per heavy atom. The number of amides is 1. The minimum Gasteiger partial charge on any atom is -0.481 e. The van der Waals surface area contributed by atoms with Gasteiger partial charge < -0.3 is 10.4 Å². The topological polar surface area (TPSA) is 66.4 Å². The van der Waals surface area contributed by atoms with Crippen LogP contribution in [0.15, 0.2) is 24.3 Å². The maximum Gasteiger partial charge on any atom is 0.308 e. The van der Waals surface area contributed by atoms with Crippen molar-refractivity contribution < 1.29 is 14.7 Å². The molecule has 1 rings (SSSR count). The zero-order chi connectivity index (χ0) is 13.0. The lowest BCUT2D eigenvalue weighted by molar-refractivity contribution is -0.141. The fourth-order valence-corrected chi connectivity index (χ4v) is 1.59. The van der Waals surface area contributed by atoms with Gasteiger partial charge in [-0.25, -0.2) is 0 Å². The standard InChI is InChI=1S/C12H14INO3/c1-7(12(16)17)8(2)14-11(15)9-3-5-10(13)6-4-9/h3-8H,1-2H3,(H,14,15)(H,16,17). The van der Waals surface area contributed by atoms with Crippen molar-refractivity contribution in [2.45, 2.75) is 19.9 Å². The molecule has 0 aliphatic rings. The fourth-order valence-electron chi connectivity index (χ4n) is 1.23. The first-order valence-corrected chi connectivity index (χ1v) is 6.29. The van der Waals surface area contributed by atoms with Crippen molar-refractivity contribution in [3.8, 4) is 0 Å². The van der Waals surface area contributed by atoms with Gasteiger partial charge in [-0.2, -0.15) is 0 Å². The Balaban J connectivity index is 2.66. The Kier molecular flexibility index (Phi) is 4.92. The van der Waals surface area contributed by atoms with Crippen molar-refractivity contribution in [3.05, 3.63) is 33.4 Å². The molecule has 5 heteroatoms. The van der Waals surface area contributed by atoms with Crippen LogP contribution in [-0.4, -0.2) is 23.0 Å². The number of hydrogen-bond acceptors (Lipinski definition) is 2. The van der Waals surface area contributed by atoms with Crippen LogP contribution in [0.5, 0.6) is 0 Å². The van der Waals surface area contributed by atoms with E-state index < -0.39 is 17.9 Å². The molecule has 2 atom stereocenters. The molecular weight excluding hydrogens is 333 g/mol. The van der Waals surface area contributed by atoms with Crippen LogP contribution in [0.25, 0.3) is 0 Å². The summed E-state index contributed by atoms with van der Waals surface area (Å²) in [6.45, 7) is 3.25. The summed E-state index contributed by atoms with van der Waals surface area (Å²) in [5.74, 6) is -1.77. The van der Waals surface area contributed by atoms with E-state index in [1.165, 1.54) is 0 Å². The van der Waals surface area contributed by atoms with Gasteiger partial charge in [0, 0.05) is 15.2 Å². The Bertz CT molecular complexity index is 416. The van der Waals surface area contributed by atoms with Crippen LogP contribution in [0.1, 0.15) is 24.2 Å². The highest BCUT2D eigenvalue weighted by molar-refractivity contribution is 14.1. The molecule has 2 unspecified atom stereocenters. The van der Waals surface area contributed by atoms with Gasteiger partial charge in [0.25, 0.3) is 5.91 Å². The normalized spacial score (nSPS) is 13.8. The molecule has 1 aromatic carbocycles. The smallest absolute Gasteiger partial charge is 0.308 e. The van der Waals surface area contributed by atoms with Crippen molar-refractivity contribution in [1.29, 1.82) is 0 Å². The number of carboxylic acids is 1. The summed E-state index contributed by atoms with van der Waals surface area (Å²) < 4.78 is 1.05. The van der Waals surface area contributed by atoms with E-state index in [4.69, 9.17) is 5.11 Å². The van der Waals surface area contributed by atoms with Crippen LogP contribution >= 0.6 is 22.6 Å². The molecule has 0 saturated heterocycles. The lowest BCUT2D eigenvalue weighted by Crippen LogP contribution is -2.40. The monoisotopic (exact) mass is 347 g/mol. The zero-order valence-electron chi connectivity index (χ0n) is 9.61. The first-order chi connectivity index (χ1) is 7.91.